The molecule has 3 aliphatic rings. The van der Waals surface area contributed by atoms with Crippen LogP contribution >= 0.6 is 0 Å². The van der Waals surface area contributed by atoms with Gasteiger partial charge in [0.15, 0.2) is 5.76 Å². The van der Waals surface area contributed by atoms with Gasteiger partial charge < -0.3 is 23.9 Å². The lowest BCUT2D eigenvalue weighted by molar-refractivity contribution is -0.134. The number of benzene rings is 2. The van der Waals surface area contributed by atoms with Gasteiger partial charge in [0.1, 0.15) is 23.9 Å². The summed E-state index contributed by atoms with van der Waals surface area (Å²) in [6, 6.07) is 15.3. The Labute approximate surface area is 232 Å². The van der Waals surface area contributed by atoms with Crippen LogP contribution in [0.3, 0.4) is 0 Å². The molecule has 40 heavy (non-hydrogen) atoms. The molecule has 0 spiro atoms. The van der Waals surface area contributed by atoms with Crippen molar-refractivity contribution < 1.29 is 27.9 Å². The topological polar surface area (TPSA) is 83.3 Å². The van der Waals surface area contributed by atoms with Gasteiger partial charge in [0, 0.05) is 45.6 Å². The number of piperazine rings is 1. The Kier molecular flexibility index (Phi) is 7.04. The predicted molar refractivity (Wildman–Crippen MR) is 144 cm³/mol. The first kappa shape index (κ1) is 26.1. The largest absolute Gasteiger partial charge is 0.486 e. The normalized spacial score (nSPS) is 18.9. The van der Waals surface area contributed by atoms with E-state index in [-0.39, 0.29) is 47.9 Å². The first-order valence-electron chi connectivity index (χ1n) is 13.8. The molecule has 1 aliphatic carbocycles. The fourth-order valence-electron chi connectivity index (χ4n) is 5.59. The smallest absolute Gasteiger partial charge is 0.289 e. The summed E-state index contributed by atoms with van der Waals surface area (Å²) >= 11 is 0. The third kappa shape index (κ3) is 5.33. The van der Waals surface area contributed by atoms with Crippen LogP contribution in [-0.2, 0) is 22.6 Å². The van der Waals surface area contributed by atoms with E-state index < -0.39 is 0 Å². The molecule has 0 N–H and O–H groups in total. The summed E-state index contributed by atoms with van der Waals surface area (Å²) in [5.74, 6) is 1.11. The van der Waals surface area contributed by atoms with Crippen molar-refractivity contribution in [3.63, 3.8) is 0 Å². The Morgan fingerprint density at radius 2 is 1.65 bits per heavy atom. The molecule has 8 nitrogen and oxygen atoms in total. The molecule has 3 heterocycles. The van der Waals surface area contributed by atoms with Crippen LogP contribution in [0.5, 0.6) is 5.75 Å². The minimum Gasteiger partial charge on any atom is -0.486 e. The van der Waals surface area contributed by atoms with Gasteiger partial charge in [-0.1, -0.05) is 18.2 Å². The highest BCUT2D eigenvalue weighted by Crippen LogP contribution is 2.41. The van der Waals surface area contributed by atoms with Crippen molar-refractivity contribution in [2.75, 3.05) is 32.7 Å². The molecule has 1 saturated carbocycles. The summed E-state index contributed by atoms with van der Waals surface area (Å²) in [7, 11) is 0. The van der Waals surface area contributed by atoms with E-state index in [1.165, 1.54) is 19.1 Å². The molecule has 1 unspecified atom stereocenters. The maximum atomic E-state index is 13.7. The van der Waals surface area contributed by atoms with Crippen molar-refractivity contribution in [3.8, 4) is 5.75 Å². The maximum Gasteiger partial charge on any atom is 0.289 e. The van der Waals surface area contributed by atoms with E-state index in [1.54, 1.807) is 34.1 Å². The van der Waals surface area contributed by atoms with Gasteiger partial charge in [-0.2, -0.15) is 0 Å². The minimum absolute atomic E-state index is 0.0120. The number of ether oxygens (including phenoxy) is 1. The second kappa shape index (κ2) is 10.8. The van der Waals surface area contributed by atoms with Crippen molar-refractivity contribution in [2.24, 2.45) is 5.92 Å². The predicted octanol–water partition coefficient (Wildman–Crippen LogP) is 4.19. The second-order valence-corrected chi connectivity index (χ2v) is 10.7. The van der Waals surface area contributed by atoms with Crippen LogP contribution in [0, 0.1) is 11.7 Å². The Hall–Kier alpha value is -4.14. The molecular formula is C31H32FN3O5. The van der Waals surface area contributed by atoms with E-state index >= 15 is 0 Å². The SMILES string of the molecule is CC(=O)N1CCN(C(=O)c2ccc(COc3ccc4c(c3)C(c3ccc(F)cc3)N(C(=O)C3CC3)CC4)o2)CC1. The average molecular weight is 546 g/mol. The quantitative estimate of drug-likeness (QED) is 0.464. The summed E-state index contributed by atoms with van der Waals surface area (Å²) in [5, 5.41) is 0. The van der Waals surface area contributed by atoms with Crippen LogP contribution < -0.4 is 4.74 Å². The first-order valence-corrected chi connectivity index (χ1v) is 13.8. The number of halogens is 1. The molecule has 0 bridgehead atoms. The highest BCUT2D eigenvalue weighted by molar-refractivity contribution is 5.91. The van der Waals surface area contributed by atoms with Crippen LogP contribution in [0.1, 0.15) is 58.8 Å². The van der Waals surface area contributed by atoms with Gasteiger partial charge in [-0.25, -0.2) is 4.39 Å². The van der Waals surface area contributed by atoms with Crippen molar-refractivity contribution >= 4 is 17.7 Å². The second-order valence-electron chi connectivity index (χ2n) is 10.7. The monoisotopic (exact) mass is 545 g/mol. The lowest BCUT2D eigenvalue weighted by Gasteiger charge is -2.38. The molecule has 0 radical (unpaired) electrons. The summed E-state index contributed by atoms with van der Waals surface area (Å²) in [6.45, 7) is 4.25. The fourth-order valence-corrected chi connectivity index (χ4v) is 5.59. The van der Waals surface area contributed by atoms with Gasteiger partial charge in [-0.3, -0.25) is 14.4 Å². The number of hydrogen-bond donors (Lipinski definition) is 0. The van der Waals surface area contributed by atoms with Gasteiger partial charge in [0.05, 0.1) is 6.04 Å². The Balaban J connectivity index is 1.16. The number of carbonyl (C=O) groups excluding carboxylic acids is 3. The van der Waals surface area contributed by atoms with Crippen LogP contribution in [-0.4, -0.2) is 65.1 Å². The first-order chi connectivity index (χ1) is 19.4. The molecule has 1 atom stereocenters. The average Bonchev–Trinajstić information content (AvgIpc) is 3.72. The highest BCUT2D eigenvalue weighted by Gasteiger charge is 2.39. The van der Waals surface area contributed by atoms with Crippen molar-refractivity contribution in [1.82, 2.24) is 14.7 Å². The molecule has 1 aromatic heterocycles. The van der Waals surface area contributed by atoms with E-state index in [0.29, 0.717) is 44.2 Å². The number of rotatable bonds is 6. The van der Waals surface area contributed by atoms with Gasteiger partial charge >= 0.3 is 0 Å². The third-order valence-corrected chi connectivity index (χ3v) is 8.01. The molecule has 1 saturated heterocycles. The molecule has 2 aliphatic heterocycles. The lowest BCUT2D eigenvalue weighted by Crippen LogP contribution is -2.50. The van der Waals surface area contributed by atoms with Gasteiger partial charge in [-0.15, -0.1) is 0 Å². The zero-order valence-electron chi connectivity index (χ0n) is 22.5. The molecule has 3 amide bonds. The van der Waals surface area contributed by atoms with Crippen molar-refractivity contribution in [1.29, 1.82) is 0 Å². The van der Waals surface area contributed by atoms with Gasteiger partial charge in [0.25, 0.3) is 5.91 Å². The van der Waals surface area contributed by atoms with E-state index in [9.17, 15) is 18.8 Å². The molecule has 9 heteroatoms. The van der Waals surface area contributed by atoms with E-state index in [1.807, 2.05) is 23.1 Å². The summed E-state index contributed by atoms with van der Waals surface area (Å²) in [5.41, 5.74) is 2.98. The lowest BCUT2D eigenvalue weighted by atomic mass is 9.87. The Morgan fingerprint density at radius 1 is 0.925 bits per heavy atom. The zero-order valence-corrected chi connectivity index (χ0v) is 22.5. The minimum atomic E-state index is -0.313. The summed E-state index contributed by atoms with van der Waals surface area (Å²) in [6.07, 6.45) is 2.59. The van der Waals surface area contributed by atoms with Crippen LogP contribution in [0.25, 0.3) is 0 Å². The van der Waals surface area contributed by atoms with E-state index in [4.69, 9.17) is 9.15 Å². The zero-order chi connectivity index (χ0) is 27.8. The molecule has 2 aromatic carbocycles. The Bertz CT molecular complexity index is 1420. The molecule has 208 valence electrons. The van der Waals surface area contributed by atoms with Gasteiger partial charge in [-0.05, 0) is 72.4 Å². The van der Waals surface area contributed by atoms with Crippen molar-refractivity contribution in [3.05, 3.63) is 88.6 Å². The third-order valence-electron chi connectivity index (χ3n) is 8.01. The van der Waals surface area contributed by atoms with Crippen LogP contribution in [0.15, 0.2) is 59.0 Å². The van der Waals surface area contributed by atoms with Crippen molar-refractivity contribution in [2.45, 2.75) is 38.8 Å². The molecular weight excluding hydrogens is 513 g/mol. The highest BCUT2D eigenvalue weighted by atomic mass is 19.1. The molecule has 3 aromatic rings. The fraction of sp³-hybridized carbons (Fsp3) is 0.387. The molecule has 6 rings (SSSR count). The summed E-state index contributed by atoms with van der Waals surface area (Å²) in [4.78, 5) is 43.0. The number of nitrogens with zero attached hydrogens (tertiary/aromatic N) is 3. The standard InChI is InChI=1S/C31H32FN3O5/c1-20(36)33-14-16-34(17-15-33)31(38)28-11-10-26(40-28)19-39-25-9-6-21-12-13-35(30(37)23-2-3-23)29(27(21)18-25)22-4-7-24(32)8-5-22/h4-11,18,23,29H,2-3,12-17,19H2,1H3. The summed E-state index contributed by atoms with van der Waals surface area (Å²) < 4.78 is 25.6. The van der Waals surface area contributed by atoms with Crippen LogP contribution in [0.4, 0.5) is 4.39 Å². The van der Waals surface area contributed by atoms with E-state index in [2.05, 4.69) is 0 Å². The van der Waals surface area contributed by atoms with Crippen LogP contribution in [0.2, 0.25) is 0 Å². The number of fused-ring (bicyclic) bond motifs is 1. The number of furan rings is 1. The molecule has 2 fully saturated rings. The number of carbonyl (C=O) groups is 3. The van der Waals surface area contributed by atoms with Gasteiger partial charge in [0.2, 0.25) is 11.8 Å². The maximum absolute atomic E-state index is 13.7. The number of amides is 3. The number of hydrogen-bond acceptors (Lipinski definition) is 5. The van der Waals surface area contributed by atoms with E-state index in [0.717, 1.165) is 36.0 Å². The Morgan fingerprint density at radius 3 is 2.35 bits per heavy atom.